The lowest BCUT2D eigenvalue weighted by Crippen LogP contribution is -2.44. The topological polar surface area (TPSA) is 55.6 Å². The molecule has 0 amide bonds. The van der Waals surface area contributed by atoms with Crippen LogP contribution in [0, 0.1) is 5.82 Å². The number of halogens is 4. The molecule has 27 heavy (non-hydrogen) atoms. The van der Waals surface area contributed by atoms with Crippen LogP contribution in [0.25, 0.3) is 5.78 Å². The average Bonchev–Trinajstić information content (AvgIpc) is 3.09. The van der Waals surface area contributed by atoms with Gasteiger partial charge in [-0.1, -0.05) is 12.1 Å². The summed E-state index contributed by atoms with van der Waals surface area (Å²) in [5.41, 5.74) is -0.289. The summed E-state index contributed by atoms with van der Waals surface area (Å²) < 4.78 is 60.0. The monoisotopic (exact) mass is 381 g/mol. The van der Waals surface area contributed by atoms with Crippen LogP contribution in [0.4, 0.5) is 23.4 Å². The van der Waals surface area contributed by atoms with E-state index in [1.807, 2.05) is 6.92 Å². The van der Waals surface area contributed by atoms with Crippen LogP contribution in [0.3, 0.4) is 0 Å². The second-order valence-corrected chi connectivity index (χ2v) is 6.36. The van der Waals surface area contributed by atoms with Crippen molar-refractivity contribution in [3.05, 3.63) is 53.7 Å². The van der Waals surface area contributed by atoms with Gasteiger partial charge in [-0.15, -0.1) is 0 Å². The summed E-state index contributed by atoms with van der Waals surface area (Å²) in [6.07, 6.45) is -4.12. The van der Waals surface area contributed by atoms with Gasteiger partial charge in [0.2, 0.25) is 0 Å². The van der Waals surface area contributed by atoms with Gasteiger partial charge < -0.3 is 9.64 Å². The van der Waals surface area contributed by atoms with Crippen molar-refractivity contribution in [1.29, 1.82) is 0 Å². The van der Waals surface area contributed by atoms with Gasteiger partial charge in [-0.2, -0.15) is 27.8 Å². The van der Waals surface area contributed by atoms with Gasteiger partial charge in [0.15, 0.2) is 5.69 Å². The molecule has 0 N–H and O–H groups in total. The predicted octanol–water partition coefficient (Wildman–Crippen LogP) is 3.25. The molecule has 6 nitrogen and oxygen atoms in total. The zero-order valence-electron chi connectivity index (χ0n) is 14.2. The molecule has 1 aliphatic heterocycles. The Morgan fingerprint density at radius 1 is 1.15 bits per heavy atom. The second-order valence-electron chi connectivity index (χ2n) is 6.36. The van der Waals surface area contributed by atoms with Crippen LogP contribution in [-0.2, 0) is 10.9 Å². The molecule has 0 bridgehead atoms. The summed E-state index contributed by atoms with van der Waals surface area (Å²) in [7, 11) is 0. The molecule has 10 heteroatoms. The number of alkyl halides is 3. The number of benzene rings is 1. The lowest BCUT2D eigenvalue weighted by Gasteiger charge is -2.38. The van der Waals surface area contributed by atoms with Gasteiger partial charge in [0.25, 0.3) is 5.78 Å². The van der Waals surface area contributed by atoms with Crippen LogP contribution in [0.15, 0.2) is 36.7 Å². The smallest absolute Gasteiger partial charge is 0.367 e. The van der Waals surface area contributed by atoms with Crippen LogP contribution in [0.1, 0.15) is 24.3 Å². The molecule has 1 aliphatic rings. The van der Waals surface area contributed by atoms with Crippen molar-refractivity contribution in [3.8, 4) is 0 Å². The zero-order chi connectivity index (χ0) is 19.2. The molecule has 4 rings (SSSR count). The molecule has 1 saturated heterocycles. The average molecular weight is 381 g/mol. The number of ether oxygens (including phenoxy) is 1. The predicted molar refractivity (Wildman–Crippen MR) is 87.7 cm³/mol. The highest BCUT2D eigenvalue weighted by atomic mass is 19.4. The van der Waals surface area contributed by atoms with Crippen molar-refractivity contribution in [1.82, 2.24) is 19.6 Å². The highest BCUT2D eigenvalue weighted by Crippen LogP contribution is 2.33. The summed E-state index contributed by atoms with van der Waals surface area (Å²) in [5, 5.41) is 4.00. The minimum atomic E-state index is -4.60. The van der Waals surface area contributed by atoms with Gasteiger partial charge in [-0.25, -0.2) is 9.37 Å². The third-order valence-electron chi connectivity index (χ3n) is 4.35. The third-order valence-corrected chi connectivity index (χ3v) is 4.35. The Hall–Kier alpha value is -2.75. The molecule has 0 aliphatic carbocycles. The number of anilines is 1. The summed E-state index contributed by atoms with van der Waals surface area (Å²) in [6, 6.07) is 6.82. The van der Waals surface area contributed by atoms with E-state index < -0.39 is 18.0 Å². The number of hydrogen-bond donors (Lipinski definition) is 0. The fraction of sp³-hybridized carbons (Fsp3) is 0.353. The molecule has 3 aromatic rings. The van der Waals surface area contributed by atoms with E-state index in [-0.39, 0.29) is 30.1 Å². The maximum Gasteiger partial charge on any atom is 0.433 e. The fourth-order valence-corrected chi connectivity index (χ4v) is 3.17. The molecule has 2 unspecified atom stereocenters. The summed E-state index contributed by atoms with van der Waals surface area (Å²) in [4.78, 5) is 9.08. The van der Waals surface area contributed by atoms with E-state index in [1.54, 1.807) is 17.0 Å². The van der Waals surface area contributed by atoms with E-state index >= 15 is 0 Å². The maximum absolute atomic E-state index is 13.2. The first kappa shape index (κ1) is 17.7. The quantitative estimate of drug-likeness (QED) is 0.638. The first-order valence-corrected chi connectivity index (χ1v) is 8.25. The molecule has 1 fully saturated rings. The summed E-state index contributed by atoms with van der Waals surface area (Å²) >= 11 is 0. The van der Waals surface area contributed by atoms with Crippen molar-refractivity contribution in [2.45, 2.75) is 25.3 Å². The fourth-order valence-electron chi connectivity index (χ4n) is 3.17. The second kappa shape index (κ2) is 6.45. The minimum Gasteiger partial charge on any atom is -0.367 e. The number of rotatable bonds is 2. The van der Waals surface area contributed by atoms with E-state index in [2.05, 4.69) is 15.1 Å². The van der Waals surface area contributed by atoms with Crippen LogP contribution in [0.5, 0.6) is 0 Å². The van der Waals surface area contributed by atoms with E-state index in [1.165, 1.54) is 16.6 Å². The normalized spacial score (nSPS) is 21.0. The van der Waals surface area contributed by atoms with E-state index in [0.717, 1.165) is 18.0 Å². The Morgan fingerprint density at radius 2 is 1.89 bits per heavy atom. The van der Waals surface area contributed by atoms with Crippen LogP contribution < -0.4 is 4.90 Å². The third kappa shape index (κ3) is 3.44. The van der Waals surface area contributed by atoms with Crippen LogP contribution >= 0.6 is 0 Å². The first-order valence-electron chi connectivity index (χ1n) is 8.25. The number of aromatic nitrogens is 4. The first-order chi connectivity index (χ1) is 12.8. The summed E-state index contributed by atoms with van der Waals surface area (Å²) in [6.45, 7) is 2.48. The molecule has 1 aromatic carbocycles. The number of morpholine rings is 1. The van der Waals surface area contributed by atoms with Crippen molar-refractivity contribution in [2.24, 2.45) is 0 Å². The maximum atomic E-state index is 13.2. The molecular formula is C17H15F4N5O. The Balaban J connectivity index is 1.73. The number of nitrogens with zero attached hydrogens (tertiary/aromatic N) is 5. The van der Waals surface area contributed by atoms with Crippen molar-refractivity contribution in [2.75, 3.05) is 18.0 Å². The SMILES string of the molecule is CC1CN(c2cc(C(F)(F)F)nc3ncnn23)CC(c2ccc(F)cc2)O1. The molecule has 0 spiro atoms. The Morgan fingerprint density at radius 3 is 2.59 bits per heavy atom. The van der Waals surface area contributed by atoms with E-state index in [4.69, 9.17) is 4.74 Å². The highest BCUT2D eigenvalue weighted by molar-refractivity contribution is 5.49. The van der Waals surface area contributed by atoms with Gasteiger partial charge >= 0.3 is 6.18 Å². The van der Waals surface area contributed by atoms with Crippen molar-refractivity contribution < 1.29 is 22.3 Å². The van der Waals surface area contributed by atoms with Gasteiger partial charge in [0, 0.05) is 19.2 Å². The van der Waals surface area contributed by atoms with Crippen LogP contribution in [0.2, 0.25) is 0 Å². The van der Waals surface area contributed by atoms with Gasteiger partial charge in [0.05, 0.1) is 6.10 Å². The number of hydrogen-bond acceptors (Lipinski definition) is 5. The van der Waals surface area contributed by atoms with Crippen molar-refractivity contribution >= 4 is 11.6 Å². The Labute approximate surface area is 151 Å². The molecule has 0 radical (unpaired) electrons. The molecule has 2 atom stereocenters. The van der Waals surface area contributed by atoms with E-state index in [0.29, 0.717) is 6.54 Å². The van der Waals surface area contributed by atoms with Crippen LogP contribution in [-0.4, -0.2) is 38.8 Å². The van der Waals surface area contributed by atoms with Gasteiger partial charge in [-0.3, -0.25) is 0 Å². The highest BCUT2D eigenvalue weighted by Gasteiger charge is 2.36. The molecule has 142 valence electrons. The van der Waals surface area contributed by atoms with Gasteiger partial charge in [-0.05, 0) is 24.6 Å². The largest absolute Gasteiger partial charge is 0.433 e. The standard InChI is InChI=1S/C17H15F4N5O/c1-10-7-25(8-13(27-10)11-2-4-12(18)5-3-11)15-6-14(17(19,20)21)24-16-22-9-23-26(15)16/h2-6,9-10,13H,7-8H2,1H3. The lowest BCUT2D eigenvalue weighted by molar-refractivity contribution is -0.141. The summed E-state index contributed by atoms with van der Waals surface area (Å²) in [5.74, 6) is -0.267. The molecule has 0 saturated carbocycles. The van der Waals surface area contributed by atoms with E-state index in [9.17, 15) is 17.6 Å². The van der Waals surface area contributed by atoms with Gasteiger partial charge in [0.1, 0.15) is 24.1 Å². The Bertz CT molecular complexity index is 956. The Kier molecular flexibility index (Phi) is 4.22. The minimum absolute atomic E-state index is 0.127. The molecule has 3 heterocycles. The van der Waals surface area contributed by atoms with Crippen molar-refractivity contribution in [3.63, 3.8) is 0 Å². The molecular weight excluding hydrogens is 366 g/mol. The molecule has 2 aromatic heterocycles. The zero-order valence-corrected chi connectivity index (χ0v) is 14.2. The number of fused-ring (bicyclic) bond motifs is 1. The lowest BCUT2D eigenvalue weighted by atomic mass is 10.1.